The Morgan fingerprint density at radius 1 is 1.22 bits per heavy atom. The number of amides is 3. The second kappa shape index (κ2) is 8.15. The number of aliphatic hydroxyl groups excluding tert-OH is 1. The van der Waals surface area contributed by atoms with Crippen LogP contribution in [0, 0.1) is 25.7 Å². The third kappa shape index (κ3) is 3.07. The molecule has 3 fully saturated rings. The van der Waals surface area contributed by atoms with Gasteiger partial charge in [-0.25, -0.2) is 0 Å². The van der Waals surface area contributed by atoms with Crippen molar-refractivity contribution in [2.24, 2.45) is 11.8 Å². The number of hydrogen-bond acceptors (Lipinski definition) is 5. The van der Waals surface area contributed by atoms with Gasteiger partial charge in [0.1, 0.15) is 11.6 Å². The van der Waals surface area contributed by atoms with Gasteiger partial charge in [-0.05, 0) is 50.7 Å². The number of nitrogens with one attached hydrogen (secondary N) is 2. The first kappa shape index (κ1) is 22.7. The first-order valence-corrected chi connectivity index (χ1v) is 11.5. The second-order valence-corrected chi connectivity index (χ2v) is 9.31. The average Bonchev–Trinajstić information content (AvgIpc) is 3.38. The van der Waals surface area contributed by atoms with E-state index in [1.807, 2.05) is 39.0 Å². The molecule has 32 heavy (non-hydrogen) atoms. The Hall–Kier alpha value is -2.45. The van der Waals surface area contributed by atoms with Crippen molar-refractivity contribution in [3.05, 3.63) is 29.3 Å². The van der Waals surface area contributed by atoms with Crippen LogP contribution in [0.15, 0.2) is 18.2 Å². The van der Waals surface area contributed by atoms with E-state index in [4.69, 9.17) is 4.74 Å². The van der Waals surface area contributed by atoms with Crippen LogP contribution in [0.3, 0.4) is 0 Å². The first-order chi connectivity index (χ1) is 15.3. The summed E-state index contributed by atoms with van der Waals surface area (Å²) >= 11 is 0. The molecule has 8 heteroatoms. The Bertz CT molecular complexity index is 929. The maximum atomic E-state index is 13.8. The summed E-state index contributed by atoms with van der Waals surface area (Å²) in [6.07, 6.45) is 2.13. The molecule has 3 saturated heterocycles. The van der Waals surface area contributed by atoms with Crippen LogP contribution in [-0.4, -0.2) is 65.2 Å². The van der Waals surface area contributed by atoms with Gasteiger partial charge in [-0.15, -0.1) is 0 Å². The zero-order valence-corrected chi connectivity index (χ0v) is 19.2. The molecule has 1 aromatic rings. The largest absolute Gasteiger partial charge is 0.396 e. The average molecular weight is 444 g/mol. The Labute approximate surface area is 188 Å². The SMILES string of the molecule is CC[C@]12CCC3(O1)C(C(=O)Nc1c(C)cccc1C)N(CCCO)C(=O)[C@@H]3[C@H]2C(=O)NC. The third-order valence-electron chi connectivity index (χ3n) is 7.74. The molecular weight excluding hydrogens is 410 g/mol. The molecular formula is C24H33N3O5. The molecule has 8 nitrogen and oxygen atoms in total. The number of aryl methyl sites for hydroxylation is 2. The molecule has 3 N–H and O–H groups in total. The number of fused-ring (bicyclic) bond motifs is 1. The summed E-state index contributed by atoms with van der Waals surface area (Å²) in [6, 6.07) is 4.94. The molecule has 1 aromatic carbocycles. The van der Waals surface area contributed by atoms with Gasteiger partial charge >= 0.3 is 0 Å². The predicted molar refractivity (Wildman–Crippen MR) is 119 cm³/mol. The number of anilines is 1. The van der Waals surface area contributed by atoms with Crippen LogP contribution in [0.5, 0.6) is 0 Å². The van der Waals surface area contributed by atoms with Gasteiger partial charge in [0.25, 0.3) is 0 Å². The summed E-state index contributed by atoms with van der Waals surface area (Å²) in [5.41, 5.74) is 0.820. The quantitative estimate of drug-likeness (QED) is 0.592. The van der Waals surface area contributed by atoms with E-state index in [-0.39, 0.29) is 30.9 Å². The van der Waals surface area contributed by atoms with Gasteiger partial charge in [-0.2, -0.15) is 0 Å². The topological polar surface area (TPSA) is 108 Å². The van der Waals surface area contributed by atoms with E-state index in [0.717, 1.165) is 16.8 Å². The summed E-state index contributed by atoms with van der Waals surface area (Å²) in [5.74, 6) is -2.09. The van der Waals surface area contributed by atoms with Crippen LogP contribution < -0.4 is 10.6 Å². The Morgan fingerprint density at radius 2 is 1.91 bits per heavy atom. The van der Waals surface area contributed by atoms with Crippen molar-refractivity contribution in [3.8, 4) is 0 Å². The molecule has 3 aliphatic heterocycles. The van der Waals surface area contributed by atoms with E-state index in [1.54, 1.807) is 7.05 Å². The molecule has 0 aliphatic carbocycles. The molecule has 1 spiro atoms. The molecule has 2 bridgehead atoms. The molecule has 2 unspecified atom stereocenters. The van der Waals surface area contributed by atoms with Crippen LogP contribution in [-0.2, 0) is 19.1 Å². The number of benzene rings is 1. The molecule has 5 atom stereocenters. The molecule has 174 valence electrons. The van der Waals surface area contributed by atoms with E-state index in [0.29, 0.717) is 25.7 Å². The lowest BCUT2D eigenvalue weighted by Gasteiger charge is -2.33. The Kier molecular flexibility index (Phi) is 5.79. The minimum absolute atomic E-state index is 0.0919. The number of carbonyl (C=O) groups excluding carboxylic acids is 3. The van der Waals surface area contributed by atoms with Gasteiger partial charge in [0.05, 0.1) is 17.4 Å². The highest BCUT2D eigenvalue weighted by Crippen LogP contribution is 2.64. The first-order valence-electron chi connectivity index (χ1n) is 11.5. The number of rotatable bonds is 7. The summed E-state index contributed by atoms with van der Waals surface area (Å²) in [5, 5.41) is 15.2. The van der Waals surface area contributed by atoms with Gasteiger partial charge < -0.3 is 25.4 Å². The fourth-order valence-electron chi connectivity index (χ4n) is 6.26. The third-order valence-corrected chi connectivity index (χ3v) is 7.74. The van der Waals surface area contributed by atoms with E-state index in [1.165, 1.54) is 4.90 Å². The number of nitrogens with zero attached hydrogens (tertiary/aromatic N) is 1. The number of aliphatic hydroxyl groups is 1. The lowest BCUT2D eigenvalue weighted by Crippen LogP contribution is -2.53. The highest BCUT2D eigenvalue weighted by Gasteiger charge is 2.78. The van der Waals surface area contributed by atoms with Crippen molar-refractivity contribution in [2.45, 2.75) is 63.7 Å². The van der Waals surface area contributed by atoms with E-state index in [2.05, 4.69) is 10.6 Å². The lowest BCUT2D eigenvalue weighted by molar-refractivity contribution is -0.146. The molecule has 0 radical (unpaired) electrons. The number of likely N-dealkylation sites (tertiary alicyclic amines) is 1. The summed E-state index contributed by atoms with van der Waals surface area (Å²) in [4.78, 5) is 41.9. The smallest absolute Gasteiger partial charge is 0.250 e. The van der Waals surface area contributed by atoms with Crippen molar-refractivity contribution in [1.82, 2.24) is 10.2 Å². The molecule has 3 aliphatic rings. The fourth-order valence-corrected chi connectivity index (χ4v) is 6.26. The molecule has 4 rings (SSSR count). The van der Waals surface area contributed by atoms with Gasteiger partial charge in [-0.3, -0.25) is 14.4 Å². The van der Waals surface area contributed by atoms with E-state index < -0.39 is 29.1 Å². The normalized spacial score (nSPS) is 32.8. The monoisotopic (exact) mass is 443 g/mol. The summed E-state index contributed by atoms with van der Waals surface area (Å²) in [6.45, 7) is 5.97. The van der Waals surface area contributed by atoms with Gasteiger partial charge in [0.15, 0.2) is 0 Å². The fraction of sp³-hybridized carbons (Fsp3) is 0.625. The van der Waals surface area contributed by atoms with E-state index in [9.17, 15) is 19.5 Å². The molecule has 3 amide bonds. The van der Waals surface area contributed by atoms with Crippen molar-refractivity contribution in [1.29, 1.82) is 0 Å². The van der Waals surface area contributed by atoms with Crippen molar-refractivity contribution in [3.63, 3.8) is 0 Å². The number of para-hydroxylation sites is 1. The summed E-state index contributed by atoms with van der Waals surface area (Å²) < 4.78 is 6.62. The number of carbonyl (C=O) groups is 3. The lowest BCUT2D eigenvalue weighted by atomic mass is 9.65. The van der Waals surface area contributed by atoms with E-state index >= 15 is 0 Å². The zero-order valence-electron chi connectivity index (χ0n) is 19.2. The van der Waals surface area contributed by atoms with Crippen LogP contribution in [0.1, 0.15) is 43.7 Å². The minimum atomic E-state index is -1.04. The second-order valence-electron chi connectivity index (χ2n) is 9.31. The molecule has 0 aromatic heterocycles. The number of hydrogen-bond donors (Lipinski definition) is 3. The Morgan fingerprint density at radius 3 is 2.50 bits per heavy atom. The van der Waals surface area contributed by atoms with Gasteiger partial charge in [-0.1, -0.05) is 25.1 Å². The number of ether oxygens (including phenoxy) is 1. The van der Waals surface area contributed by atoms with Crippen molar-refractivity contribution in [2.75, 3.05) is 25.5 Å². The Balaban J connectivity index is 1.77. The predicted octanol–water partition coefficient (Wildman–Crippen LogP) is 1.53. The maximum Gasteiger partial charge on any atom is 0.250 e. The van der Waals surface area contributed by atoms with Crippen LogP contribution in [0.2, 0.25) is 0 Å². The van der Waals surface area contributed by atoms with Crippen molar-refractivity contribution >= 4 is 23.4 Å². The molecule has 3 heterocycles. The maximum absolute atomic E-state index is 13.8. The summed E-state index contributed by atoms with van der Waals surface area (Å²) in [7, 11) is 1.57. The van der Waals surface area contributed by atoms with Crippen LogP contribution in [0.4, 0.5) is 5.69 Å². The molecule has 0 saturated carbocycles. The van der Waals surface area contributed by atoms with Crippen molar-refractivity contribution < 1.29 is 24.2 Å². The highest BCUT2D eigenvalue weighted by molar-refractivity contribution is 6.04. The standard InChI is InChI=1S/C24H33N3O5/c1-5-23-10-11-24(32-23)17(16(23)20(29)25-4)22(31)27(12-7-13-28)19(24)21(30)26-18-14(2)8-6-9-15(18)3/h6,8-9,16-17,19,28H,5,7,10-13H2,1-4H3,(H,25,29)(H,26,30)/t16-,17-,19?,23+,24?/m0/s1. The van der Waals surface area contributed by atoms with Crippen LogP contribution in [0.25, 0.3) is 0 Å². The van der Waals surface area contributed by atoms with Crippen LogP contribution >= 0.6 is 0 Å². The minimum Gasteiger partial charge on any atom is -0.396 e. The van der Waals surface area contributed by atoms with Gasteiger partial charge in [0, 0.05) is 25.9 Å². The zero-order chi connectivity index (χ0) is 23.3. The van der Waals surface area contributed by atoms with Gasteiger partial charge in [0.2, 0.25) is 17.7 Å². The highest BCUT2D eigenvalue weighted by atomic mass is 16.5.